The summed E-state index contributed by atoms with van der Waals surface area (Å²) in [6.45, 7) is 4.24. The Labute approximate surface area is 184 Å². The van der Waals surface area contributed by atoms with Crippen molar-refractivity contribution in [1.29, 1.82) is 0 Å². The van der Waals surface area contributed by atoms with Crippen LogP contribution in [0.5, 0.6) is 0 Å². The van der Waals surface area contributed by atoms with Crippen molar-refractivity contribution in [3.05, 3.63) is 77.4 Å². The van der Waals surface area contributed by atoms with E-state index in [-0.39, 0.29) is 30.6 Å². The van der Waals surface area contributed by atoms with Crippen molar-refractivity contribution in [3.8, 4) is 5.69 Å². The Kier molecular flexibility index (Phi) is 6.99. The van der Waals surface area contributed by atoms with Gasteiger partial charge in [-0.3, -0.25) is 14.4 Å². The number of nitrogens with zero attached hydrogens (tertiary/aromatic N) is 3. The maximum Gasteiger partial charge on any atom is 0.257 e. The van der Waals surface area contributed by atoms with E-state index < -0.39 is 5.91 Å². The molecule has 1 aromatic heterocycles. The fourth-order valence-corrected chi connectivity index (χ4v) is 3.21. The van der Waals surface area contributed by atoms with Gasteiger partial charge < -0.3 is 16.0 Å². The van der Waals surface area contributed by atoms with Gasteiger partial charge >= 0.3 is 0 Å². The van der Waals surface area contributed by atoms with Gasteiger partial charge in [-0.05, 0) is 62.4 Å². The lowest BCUT2D eigenvalue weighted by atomic mass is 10.2. The van der Waals surface area contributed by atoms with Gasteiger partial charge in [0, 0.05) is 30.8 Å². The smallest absolute Gasteiger partial charge is 0.257 e. The molecule has 0 bridgehead atoms. The van der Waals surface area contributed by atoms with Gasteiger partial charge in [-0.15, -0.1) is 0 Å². The van der Waals surface area contributed by atoms with Crippen LogP contribution in [0.4, 0.5) is 10.1 Å². The van der Waals surface area contributed by atoms with Crippen molar-refractivity contribution >= 4 is 23.4 Å². The number of nitrogens with two attached hydrogens (primary N) is 1. The van der Waals surface area contributed by atoms with Crippen molar-refractivity contribution in [3.63, 3.8) is 0 Å². The van der Waals surface area contributed by atoms with Crippen LogP contribution < -0.4 is 11.1 Å². The summed E-state index contributed by atoms with van der Waals surface area (Å²) in [5.74, 6) is -1.40. The number of carbonyl (C=O) groups excluding carboxylic acids is 3. The quantitative estimate of drug-likeness (QED) is 0.564. The van der Waals surface area contributed by atoms with Gasteiger partial charge in [0.15, 0.2) is 0 Å². The van der Waals surface area contributed by atoms with Crippen LogP contribution in [0.15, 0.2) is 54.7 Å². The van der Waals surface area contributed by atoms with Crippen molar-refractivity contribution in [2.24, 2.45) is 5.73 Å². The first kappa shape index (κ1) is 22.7. The summed E-state index contributed by atoms with van der Waals surface area (Å²) >= 11 is 0. The maximum atomic E-state index is 13.2. The van der Waals surface area contributed by atoms with E-state index >= 15 is 0 Å². The van der Waals surface area contributed by atoms with Crippen LogP contribution in [0.2, 0.25) is 0 Å². The molecule has 0 saturated carbocycles. The number of halogens is 1. The molecule has 8 nitrogen and oxygen atoms in total. The SMILES string of the molecule is CCN(CCC(=O)Nc1ccc(C(N)=O)cc1)C(=O)c1cnn(-c2ccc(F)cc2)c1C. The van der Waals surface area contributed by atoms with Gasteiger partial charge in [0.1, 0.15) is 5.82 Å². The average molecular weight is 437 g/mol. The van der Waals surface area contributed by atoms with Crippen LogP contribution in [0, 0.1) is 12.7 Å². The molecule has 9 heteroatoms. The molecule has 166 valence electrons. The summed E-state index contributed by atoms with van der Waals surface area (Å²) in [5, 5.41) is 6.99. The van der Waals surface area contributed by atoms with Gasteiger partial charge in [0.25, 0.3) is 5.91 Å². The van der Waals surface area contributed by atoms with Crippen molar-refractivity contribution in [2.75, 3.05) is 18.4 Å². The second-order valence-electron chi connectivity index (χ2n) is 7.16. The number of hydrogen-bond donors (Lipinski definition) is 2. The molecule has 3 aromatic rings. The Morgan fingerprint density at radius 2 is 1.75 bits per heavy atom. The van der Waals surface area contributed by atoms with E-state index in [0.717, 1.165) is 0 Å². The highest BCUT2D eigenvalue weighted by molar-refractivity contribution is 5.96. The highest BCUT2D eigenvalue weighted by atomic mass is 19.1. The third-order valence-electron chi connectivity index (χ3n) is 5.04. The first-order chi connectivity index (χ1) is 15.3. The van der Waals surface area contributed by atoms with Gasteiger partial charge in [-0.25, -0.2) is 9.07 Å². The number of aromatic nitrogens is 2. The Bertz CT molecular complexity index is 1120. The van der Waals surface area contributed by atoms with Crippen LogP contribution in [-0.4, -0.2) is 45.5 Å². The molecule has 0 aliphatic rings. The zero-order valence-electron chi connectivity index (χ0n) is 17.8. The molecule has 0 aliphatic heterocycles. The van der Waals surface area contributed by atoms with E-state index in [2.05, 4.69) is 10.4 Å². The van der Waals surface area contributed by atoms with E-state index in [9.17, 15) is 18.8 Å². The maximum absolute atomic E-state index is 13.2. The van der Waals surface area contributed by atoms with E-state index in [0.29, 0.717) is 34.7 Å². The number of primary amides is 1. The fourth-order valence-electron chi connectivity index (χ4n) is 3.21. The summed E-state index contributed by atoms with van der Waals surface area (Å²) in [6.07, 6.45) is 1.58. The van der Waals surface area contributed by atoms with Crippen LogP contribution in [0.3, 0.4) is 0 Å². The number of hydrogen-bond acceptors (Lipinski definition) is 4. The van der Waals surface area contributed by atoms with E-state index in [1.165, 1.54) is 30.5 Å². The molecule has 0 saturated heterocycles. The molecule has 3 rings (SSSR count). The van der Waals surface area contributed by atoms with Gasteiger partial charge in [-0.1, -0.05) is 0 Å². The predicted octanol–water partition coefficient (Wildman–Crippen LogP) is 2.91. The third-order valence-corrected chi connectivity index (χ3v) is 5.04. The number of anilines is 1. The van der Waals surface area contributed by atoms with Crippen molar-refractivity contribution < 1.29 is 18.8 Å². The summed E-state index contributed by atoms with van der Waals surface area (Å²) in [6, 6.07) is 12.1. The Hall–Kier alpha value is -4.01. The van der Waals surface area contributed by atoms with Crippen LogP contribution in [0.1, 0.15) is 39.8 Å². The summed E-state index contributed by atoms with van der Waals surface area (Å²) < 4.78 is 14.8. The second-order valence-corrected chi connectivity index (χ2v) is 7.16. The molecule has 0 radical (unpaired) electrons. The zero-order chi connectivity index (χ0) is 23.3. The van der Waals surface area contributed by atoms with Gasteiger partial charge in [-0.2, -0.15) is 5.10 Å². The second kappa shape index (κ2) is 9.86. The molecule has 0 unspecified atom stereocenters. The molecular formula is C23H24FN5O3. The minimum absolute atomic E-state index is 0.0995. The van der Waals surface area contributed by atoms with E-state index in [1.807, 2.05) is 6.92 Å². The molecule has 0 fully saturated rings. The van der Waals surface area contributed by atoms with Crippen LogP contribution in [0.25, 0.3) is 5.69 Å². The number of benzene rings is 2. The summed E-state index contributed by atoms with van der Waals surface area (Å²) in [4.78, 5) is 38.0. The van der Waals surface area contributed by atoms with E-state index in [4.69, 9.17) is 5.73 Å². The lowest BCUT2D eigenvalue weighted by molar-refractivity contribution is -0.116. The molecule has 3 N–H and O–H groups in total. The van der Waals surface area contributed by atoms with Crippen molar-refractivity contribution in [1.82, 2.24) is 14.7 Å². The normalized spacial score (nSPS) is 10.6. The molecule has 0 spiro atoms. The first-order valence-electron chi connectivity index (χ1n) is 10.1. The monoisotopic (exact) mass is 437 g/mol. The topological polar surface area (TPSA) is 110 Å². The standard InChI is InChI=1S/C23H24FN5O3/c1-3-28(13-12-21(30)27-18-8-4-16(5-9-18)22(25)31)23(32)20-14-26-29(15(20)2)19-10-6-17(24)7-11-19/h4-11,14H,3,12-13H2,1-2H3,(H2,25,31)(H,27,30). The highest BCUT2D eigenvalue weighted by Gasteiger charge is 2.21. The highest BCUT2D eigenvalue weighted by Crippen LogP contribution is 2.17. The number of amides is 3. The molecule has 3 amide bonds. The minimum Gasteiger partial charge on any atom is -0.366 e. The lowest BCUT2D eigenvalue weighted by Gasteiger charge is -2.20. The average Bonchev–Trinajstić information content (AvgIpc) is 3.16. The van der Waals surface area contributed by atoms with Gasteiger partial charge in [0.05, 0.1) is 23.1 Å². The molecule has 2 aromatic carbocycles. The fraction of sp³-hybridized carbons (Fsp3) is 0.217. The predicted molar refractivity (Wildman–Crippen MR) is 118 cm³/mol. The minimum atomic E-state index is -0.543. The molecule has 0 aliphatic carbocycles. The summed E-state index contributed by atoms with van der Waals surface area (Å²) in [5.41, 5.74) is 7.77. The molecule has 0 atom stereocenters. The molecule has 32 heavy (non-hydrogen) atoms. The Morgan fingerprint density at radius 1 is 1.09 bits per heavy atom. The van der Waals surface area contributed by atoms with Crippen LogP contribution >= 0.6 is 0 Å². The Balaban J connectivity index is 1.63. The van der Waals surface area contributed by atoms with Crippen LogP contribution in [-0.2, 0) is 4.79 Å². The number of nitrogens with one attached hydrogen (secondary N) is 1. The van der Waals surface area contributed by atoms with E-state index in [1.54, 1.807) is 40.8 Å². The first-order valence-corrected chi connectivity index (χ1v) is 10.1. The zero-order valence-corrected chi connectivity index (χ0v) is 17.8. The Morgan fingerprint density at radius 3 is 2.34 bits per heavy atom. The molecule has 1 heterocycles. The number of carbonyl (C=O) groups is 3. The van der Waals surface area contributed by atoms with Gasteiger partial charge in [0.2, 0.25) is 11.8 Å². The number of rotatable bonds is 8. The summed E-state index contributed by atoms with van der Waals surface area (Å²) in [7, 11) is 0. The third kappa shape index (κ3) is 5.18. The molecular weight excluding hydrogens is 413 g/mol. The largest absolute Gasteiger partial charge is 0.366 e. The van der Waals surface area contributed by atoms with Crippen molar-refractivity contribution in [2.45, 2.75) is 20.3 Å². The lowest BCUT2D eigenvalue weighted by Crippen LogP contribution is -2.34.